The Morgan fingerprint density at radius 1 is 1.00 bits per heavy atom. The van der Waals surface area contributed by atoms with Crippen molar-refractivity contribution < 1.29 is 18.8 Å². The zero-order valence-electron chi connectivity index (χ0n) is 18.2. The number of anilines is 1. The van der Waals surface area contributed by atoms with Crippen LogP contribution in [0.2, 0.25) is 0 Å². The van der Waals surface area contributed by atoms with Gasteiger partial charge in [0.2, 0.25) is 0 Å². The van der Waals surface area contributed by atoms with Crippen LogP contribution in [0, 0.1) is 0 Å². The summed E-state index contributed by atoms with van der Waals surface area (Å²) in [4.78, 5) is 16.4. The van der Waals surface area contributed by atoms with Crippen molar-refractivity contribution in [3.63, 3.8) is 0 Å². The van der Waals surface area contributed by atoms with Crippen molar-refractivity contribution in [1.82, 2.24) is 4.90 Å². The molecule has 2 heterocycles. The second kappa shape index (κ2) is 7.27. The van der Waals surface area contributed by atoms with Crippen molar-refractivity contribution in [2.75, 3.05) is 31.1 Å². The maximum atomic E-state index is 12.3. The van der Waals surface area contributed by atoms with Crippen molar-refractivity contribution in [2.24, 2.45) is 0 Å². The molecule has 0 bridgehead atoms. The molecule has 2 fully saturated rings. The van der Waals surface area contributed by atoms with Gasteiger partial charge in [0.05, 0.1) is 11.2 Å². The molecule has 1 amide bonds. The molecule has 7 heteroatoms. The molecule has 2 aliphatic rings. The highest BCUT2D eigenvalue weighted by Crippen LogP contribution is 2.37. The molecule has 2 aliphatic heterocycles. The van der Waals surface area contributed by atoms with Crippen LogP contribution >= 0.6 is 0 Å². The summed E-state index contributed by atoms with van der Waals surface area (Å²) in [6, 6.07) is 8.21. The number of benzene rings is 1. The third kappa shape index (κ3) is 4.30. The normalized spacial score (nSPS) is 21.8. The highest BCUT2D eigenvalue weighted by molar-refractivity contribution is 6.64. The lowest BCUT2D eigenvalue weighted by Gasteiger charge is -2.37. The van der Waals surface area contributed by atoms with Crippen LogP contribution in [-0.2, 0) is 14.0 Å². The maximum absolute atomic E-state index is 12.3. The van der Waals surface area contributed by atoms with E-state index < -0.39 is 12.7 Å². The molecule has 0 radical (unpaired) electrons. The van der Waals surface area contributed by atoms with Crippen molar-refractivity contribution in [1.29, 1.82) is 0 Å². The minimum Gasteiger partial charge on any atom is -0.444 e. The first kappa shape index (κ1) is 21.0. The van der Waals surface area contributed by atoms with Gasteiger partial charge in [-0.15, -0.1) is 0 Å². The van der Waals surface area contributed by atoms with E-state index in [-0.39, 0.29) is 17.3 Å². The minimum atomic E-state index is -0.475. The highest BCUT2D eigenvalue weighted by atomic mass is 16.7. The molecular weight excluding hydrogens is 355 g/mol. The Balaban J connectivity index is 1.71. The first-order chi connectivity index (χ1) is 12.9. The number of ether oxygens (including phenoxy) is 1. The van der Waals surface area contributed by atoms with Gasteiger partial charge in [-0.2, -0.15) is 0 Å². The molecule has 2 saturated heterocycles. The number of amides is 1. The zero-order valence-corrected chi connectivity index (χ0v) is 18.2. The standard InChI is InChI=1S/C21H33BN2O4/c1-19(2,3)26-18(25)24-14-12-23(13-15-24)17-11-9-8-10-16(17)22-27-20(4,5)21(6,7)28-22/h8-11H,12-15H2,1-7H3. The zero-order chi connectivity index (χ0) is 20.7. The lowest BCUT2D eigenvalue weighted by molar-refractivity contribution is 0.00578. The van der Waals surface area contributed by atoms with Crippen LogP contribution in [0.4, 0.5) is 10.5 Å². The number of hydrogen-bond acceptors (Lipinski definition) is 5. The first-order valence-corrected chi connectivity index (χ1v) is 10.1. The third-order valence-corrected chi connectivity index (χ3v) is 5.72. The number of para-hydroxylation sites is 1. The molecule has 0 aliphatic carbocycles. The highest BCUT2D eigenvalue weighted by Gasteiger charge is 2.52. The van der Waals surface area contributed by atoms with Crippen molar-refractivity contribution >= 4 is 24.4 Å². The van der Waals surface area contributed by atoms with Gasteiger partial charge < -0.3 is 23.8 Å². The molecule has 3 rings (SSSR count). The second-order valence-corrected chi connectivity index (χ2v) is 9.60. The van der Waals surface area contributed by atoms with Gasteiger partial charge >= 0.3 is 13.2 Å². The van der Waals surface area contributed by atoms with E-state index in [9.17, 15) is 4.79 Å². The maximum Gasteiger partial charge on any atom is 0.496 e. The number of carbonyl (C=O) groups is 1. The van der Waals surface area contributed by atoms with Gasteiger partial charge in [0.25, 0.3) is 0 Å². The number of hydrogen-bond donors (Lipinski definition) is 0. The molecule has 1 aromatic rings. The van der Waals surface area contributed by atoms with Crippen LogP contribution in [0.25, 0.3) is 0 Å². The summed E-state index contributed by atoms with van der Waals surface area (Å²) < 4.78 is 18.0. The molecule has 0 atom stereocenters. The van der Waals surface area contributed by atoms with Crippen LogP contribution in [0.3, 0.4) is 0 Å². The molecule has 0 saturated carbocycles. The fourth-order valence-corrected chi connectivity index (χ4v) is 3.40. The van der Waals surface area contributed by atoms with E-state index in [0.29, 0.717) is 13.1 Å². The minimum absolute atomic E-state index is 0.244. The lowest BCUT2D eigenvalue weighted by atomic mass is 9.77. The summed E-state index contributed by atoms with van der Waals surface area (Å²) in [6.07, 6.45) is -0.244. The molecule has 0 N–H and O–H groups in total. The fraction of sp³-hybridized carbons (Fsp3) is 0.667. The summed E-state index contributed by atoms with van der Waals surface area (Å²) in [5, 5.41) is 0. The van der Waals surface area contributed by atoms with Crippen LogP contribution in [-0.4, -0.2) is 61.1 Å². The predicted octanol–water partition coefficient (Wildman–Crippen LogP) is 3.04. The Morgan fingerprint density at radius 3 is 2.07 bits per heavy atom. The Hall–Kier alpha value is -1.73. The van der Waals surface area contributed by atoms with Gasteiger partial charge in [0.15, 0.2) is 0 Å². The first-order valence-electron chi connectivity index (χ1n) is 10.1. The average Bonchev–Trinajstić information content (AvgIpc) is 2.81. The van der Waals surface area contributed by atoms with Gasteiger partial charge in [-0.05, 0) is 54.5 Å². The smallest absolute Gasteiger partial charge is 0.444 e. The van der Waals surface area contributed by atoms with E-state index in [0.717, 1.165) is 24.2 Å². The molecule has 0 aromatic heterocycles. The Kier molecular flexibility index (Phi) is 5.45. The van der Waals surface area contributed by atoms with E-state index in [1.165, 1.54) is 0 Å². The number of rotatable bonds is 2. The van der Waals surface area contributed by atoms with Crippen LogP contribution in [0.15, 0.2) is 24.3 Å². The van der Waals surface area contributed by atoms with Crippen molar-refractivity contribution in [3.8, 4) is 0 Å². The number of carbonyl (C=O) groups excluding carboxylic acids is 1. The van der Waals surface area contributed by atoms with E-state index in [2.05, 4.69) is 44.7 Å². The van der Waals surface area contributed by atoms with Gasteiger partial charge in [-0.1, -0.05) is 18.2 Å². The fourth-order valence-electron chi connectivity index (χ4n) is 3.40. The van der Waals surface area contributed by atoms with Crippen LogP contribution in [0.5, 0.6) is 0 Å². The van der Waals surface area contributed by atoms with Gasteiger partial charge in [-0.25, -0.2) is 4.79 Å². The van der Waals surface area contributed by atoms with Gasteiger partial charge in [0, 0.05) is 37.3 Å². The molecule has 0 spiro atoms. The van der Waals surface area contributed by atoms with E-state index >= 15 is 0 Å². The summed E-state index contributed by atoms with van der Waals surface area (Å²) in [6.45, 7) is 16.7. The quantitative estimate of drug-likeness (QED) is 0.729. The molecule has 28 heavy (non-hydrogen) atoms. The Bertz CT molecular complexity index is 705. The monoisotopic (exact) mass is 388 g/mol. The van der Waals surface area contributed by atoms with Crippen molar-refractivity contribution in [3.05, 3.63) is 24.3 Å². The van der Waals surface area contributed by atoms with Crippen LogP contribution in [0.1, 0.15) is 48.5 Å². The van der Waals surface area contributed by atoms with Gasteiger partial charge in [0.1, 0.15) is 5.60 Å². The lowest BCUT2D eigenvalue weighted by Crippen LogP contribution is -2.52. The average molecular weight is 388 g/mol. The van der Waals surface area contributed by atoms with E-state index in [4.69, 9.17) is 14.0 Å². The van der Waals surface area contributed by atoms with Crippen molar-refractivity contribution in [2.45, 2.75) is 65.3 Å². The Morgan fingerprint density at radius 2 is 1.54 bits per heavy atom. The number of nitrogens with zero attached hydrogens (tertiary/aromatic N) is 2. The summed E-state index contributed by atoms with van der Waals surface area (Å²) in [7, 11) is -0.398. The molecule has 154 valence electrons. The topological polar surface area (TPSA) is 51.2 Å². The molecular formula is C21H33BN2O4. The largest absolute Gasteiger partial charge is 0.496 e. The predicted molar refractivity (Wildman–Crippen MR) is 112 cm³/mol. The summed E-state index contributed by atoms with van der Waals surface area (Å²) in [5.74, 6) is 0. The number of piperazine rings is 1. The summed E-state index contributed by atoms with van der Waals surface area (Å²) >= 11 is 0. The Labute approximate surface area is 169 Å². The van der Waals surface area contributed by atoms with Gasteiger partial charge in [-0.3, -0.25) is 0 Å². The SMILES string of the molecule is CC(C)(C)OC(=O)N1CCN(c2ccccc2B2OC(C)(C)C(C)(C)O2)CC1. The summed E-state index contributed by atoms with van der Waals surface area (Å²) in [5.41, 5.74) is 0.912. The van der Waals surface area contributed by atoms with E-state index in [1.807, 2.05) is 32.9 Å². The van der Waals surface area contributed by atoms with E-state index in [1.54, 1.807) is 4.90 Å². The molecule has 1 aromatic carbocycles. The molecule has 0 unspecified atom stereocenters. The third-order valence-electron chi connectivity index (χ3n) is 5.72. The molecule has 6 nitrogen and oxygen atoms in total. The second-order valence-electron chi connectivity index (χ2n) is 9.60. The van der Waals surface area contributed by atoms with Crippen LogP contribution < -0.4 is 10.4 Å².